The van der Waals surface area contributed by atoms with Gasteiger partial charge in [-0.3, -0.25) is 4.79 Å². The Bertz CT molecular complexity index is 627. The number of aliphatic carboxylic acids is 1. The van der Waals surface area contributed by atoms with Crippen molar-refractivity contribution in [1.29, 1.82) is 0 Å². The molecule has 0 bridgehead atoms. The molecular weight excluding hydrogens is 306 g/mol. The summed E-state index contributed by atoms with van der Waals surface area (Å²) in [6.45, 7) is 3.78. The molecule has 1 aromatic rings. The Morgan fingerprint density at radius 3 is 2.82 bits per heavy atom. The van der Waals surface area contributed by atoms with E-state index >= 15 is 0 Å². The highest BCUT2D eigenvalue weighted by molar-refractivity contribution is 6.30. The quantitative estimate of drug-likeness (QED) is 0.873. The lowest BCUT2D eigenvalue weighted by Crippen LogP contribution is -2.46. The molecule has 22 heavy (non-hydrogen) atoms. The molecule has 0 unspecified atom stereocenters. The molecule has 2 N–H and O–H groups in total. The average Bonchev–Trinajstić information content (AvgIpc) is 2.50. The number of hydrogen-bond acceptors (Lipinski definition) is 3. The summed E-state index contributed by atoms with van der Waals surface area (Å²) in [6.07, 6.45) is 2.33. The smallest absolute Gasteiger partial charge is 0.326 e. The van der Waals surface area contributed by atoms with Crippen molar-refractivity contribution in [2.24, 2.45) is 5.92 Å². The van der Waals surface area contributed by atoms with Crippen LogP contribution in [0.1, 0.15) is 25.8 Å². The van der Waals surface area contributed by atoms with Gasteiger partial charge < -0.3 is 15.2 Å². The van der Waals surface area contributed by atoms with Gasteiger partial charge >= 0.3 is 5.97 Å². The first-order chi connectivity index (χ1) is 10.4. The summed E-state index contributed by atoms with van der Waals surface area (Å²) >= 11 is 5.93. The fourth-order valence-corrected chi connectivity index (χ4v) is 2.38. The summed E-state index contributed by atoms with van der Waals surface area (Å²) in [6, 6.07) is 4.23. The largest absolute Gasteiger partial charge is 0.488 e. The molecule has 0 aromatic heterocycles. The van der Waals surface area contributed by atoms with Crippen LogP contribution in [0.4, 0.5) is 0 Å². The molecular formula is C16H18ClNO4. The highest BCUT2D eigenvalue weighted by Gasteiger charge is 2.27. The fourth-order valence-electron chi connectivity index (χ4n) is 2.20. The highest BCUT2D eigenvalue weighted by atomic mass is 35.5. The number of benzene rings is 1. The van der Waals surface area contributed by atoms with E-state index in [1.807, 2.05) is 6.92 Å². The van der Waals surface area contributed by atoms with Crippen molar-refractivity contribution in [1.82, 2.24) is 5.32 Å². The number of ether oxygens (including phenoxy) is 1. The molecule has 2 atom stereocenters. The van der Waals surface area contributed by atoms with Crippen molar-refractivity contribution >= 4 is 29.6 Å². The van der Waals surface area contributed by atoms with Crippen LogP contribution in [0.5, 0.6) is 5.75 Å². The average molecular weight is 324 g/mol. The number of carboxylic acids is 1. The Hall–Kier alpha value is -2.01. The summed E-state index contributed by atoms with van der Waals surface area (Å²) in [5, 5.41) is 12.3. The molecule has 1 heterocycles. The van der Waals surface area contributed by atoms with Crippen LogP contribution in [0.3, 0.4) is 0 Å². The Kier molecular flexibility index (Phi) is 5.08. The number of hydrogen-bond donors (Lipinski definition) is 2. The highest BCUT2D eigenvalue weighted by Crippen LogP contribution is 2.29. The third-order valence-corrected chi connectivity index (χ3v) is 3.98. The summed E-state index contributed by atoms with van der Waals surface area (Å²) in [7, 11) is 0. The molecule has 0 saturated heterocycles. The second kappa shape index (κ2) is 6.83. The molecule has 118 valence electrons. The van der Waals surface area contributed by atoms with Crippen LogP contribution >= 0.6 is 11.6 Å². The lowest BCUT2D eigenvalue weighted by Gasteiger charge is -2.22. The molecule has 0 fully saturated rings. The van der Waals surface area contributed by atoms with Crippen molar-refractivity contribution in [2.75, 3.05) is 6.61 Å². The minimum absolute atomic E-state index is 0.104. The van der Waals surface area contributed by atoms with Crippen molar-refractivity contribution in [3.8, 4) is 5.75 Å². The first-order valence-electron chi connectivity index (χ1n) is 7.09. The number of rotatable bonds is 5. The van der Waals surface area contributed by atoms with E-state index < -0.39 is 17.9 Å². The maximum absolute atomic E-state index is 12.3. The summed E-state index contributed by atoms with van der Waals surface area (Å²) < 4.78 is 5.51. The van der Waals surface area contributed by atoms with Gasteiger partial charge in [-0.1, -0.05) is 31.9 Å². The van der Waals surface area contributed by atoms with Crippen LogP contribution in [-0.4, -0.2) is 29.6 Å². The maximum atomic E-state index is 12.3. The zero-order valence-electron chi connectivity index (χ0n) is 12.4. The van der Waals surface area contributed by atoms with E-state index in [2.05, 4.69) is 5.32 Å². The van der Waals surface area contributed by atoms with E-state index in [9.17, 15) is 14.7 Å². The summed E-state index contributed by atoms with van der Waals surface area (Å²) in [5.41, 5.74) is 1.09. The number of nitrogens with one attached hydrogen (secondary N) is 1. The molecule has 0 radical (unpaired) electrons. The zero-order chi connectivity index (χ0) is 16.3. The number of amides is 1. The Labute approximate surface area is 133 Å². The first kappa shape index (κ1) is 16.4. The van der Waals surface area contributed by atoms with Crippen LogP contribution in [0.2, 0.25) is 5.02 Å². The minimum Gasteiger partial charge on any atom is -0.488 e. The Balaban J connectivity index is 2.18. The molecule has 2 rings (SSSR count). The maximum Gasteiger partial charge on any atom is 0.326 e. The van der Waals surface area contributed by atoms with Crippen LogP contribution in [0.25, 0.3) is 6.08 Å². The van der Waals surface area contributed by atoms with Gasteiger partial charge in [0, 0.05) is 10.6 Å². The number of fused-ring (bicyclic) bond motifs is 1. The Morgan fingerprint density at radius 2 is 2.18 bits per heavy atom. The second-order valence-electron chi connectivity index (χ2n) is 5.32. The van der Waals surface area contributed by atoms with Crippen molar-refractivity contribution in [3.63, 3.8) is 0 Å². The first-order valence-corrected chi connectivity index (χ1v) is 7.46. The van der Waals surface area contributed by atoms with E-state index in [-0.39, 0.29) is 12.5 Å². The molecule has 1 aliphatic heterocycles. The molecule has 0 aliphatic carbocycles. The SMILES string of the molecule is CC[C@H](C)[C@H](NC(=O)C1=Cc2cc(Cl)ccc2OC1)C(=O)O. The molecule has 0 spiro atoms. The molecule has 1 aliphatic rings. The van der Waals surface area contributed by atoms with E-state index in [1.165, 1.54) is 0 Å². The normalized spacial score (nSPS) is 15.9. The van der Waals surface area contributed by atoms with Crippen molar-refractivity contribution < 1.29 is 19.4 Å². The van der Waals surface area contributed by atoms with Gasteiger partial charge in [0.05, 0.1) is 5.57 Å². The van der Waals surface area contributed by atoms with E-state index in [0.29, 0.717) is 28.3 Å². The predicted molar refractivity (Wildman–Crippen MR) is 83.9 cm³/mol. The van der Waals surface area contributed by atoms with Gasteiger partial charge in [0.2, 0.25) is 0 Å². The molecule has 6 heteroatoms. The Morgan fingerprint density at radius 1 is 1.45 bits per heavy atom. The van der Waals surface area contributed by atoms with Gasteiger partial charge in [0.25, 0.3) is 5.91 Å². The number of carbonyl (C=O) groups is 2. The lowest BCUT2D eigenvalue weighted by atomic mass is 9.98. The van der Waals surface area contributed by atoms with Crippen LogP contribution in [0, 0.1) is 5.92 Å². The van der Waals surface area contributed by atoms with Crippen LogP contribution in [-0.2, 0) is 9.59 Å². The molecule has 5 nitrogen and oxygen atoms in total. The molecule has 0 saturated carbocycles. The molecule has 1 aromatic carbocycles. The van der Waals surface area contributed by atoms with E-state index in [1.54, 1.807) is 31.2 Å². The van der Waals surface area contributed by atoms with Crippen molar-refractivity contribution in [2.45, 2.75) is 26.3 Å². The standard InChI is InChI=1S/C16H18ClNO4/c1-3-9(2)14(16(20)21)18-15(19)11-6-10-7-12(17)4-5-13(10)22-8-11/h4-7,9,14H,3,8H2,1-2H3,(H,18,19)(H,20,21)/t9-,14-/m0/s1. The van der Waals surface area contributed by atoms with Gasteiger partial charge in [-0.25, -0.2) is 4.79 Å². The van der Waals surface area contributed by atoms with E-state index in [0.717, 1.165) is 0 Å². The number of carboxylic acid groups (broad SMARTS) is 1. The van der Waals surface area contributed by atoms with Crippen LogP contribution in [0.15, 0.2) is 23.8 Å². The van der Waals surface area contributed by atoms with Crippen LogP contribution < -0.4 is 10.1 Å². The van der Waals surface area contributed by atoms with Gasteiger partial charge in [-0.15, -0.1) is 0 Å². The topological polar surface area (TPSA) is 75.6 Å². The summed E-state index contributed by atoms with van der Waals surface area (Å²) in [4.78, 5) is 23.6. The lowest BCUT2D eigenvalue weighted by molar-refractivity contribution is -0.142. The zero-order valence-corrected chi connectivity index (χ0v) is 13.2. The number of carbonyl (C=O) groups excluding carboxylic acids is 1. The molecule has 1 amide bonds. The summed E-state index contributed by atoms with van der Waals surface area (Å²) in [5.74, 6) is -0.979. The third-order valence-electron chi connectivity index (χ3n) is 3.74. The van der Waals surface area contributed by atoms with Gasteiger partial charge in [-0.05, 0) is 30.2 Å². The fraction of sp³-hybridized carbons (Fsp3) is 0.375. The van der Waals surface area contributed by atoms with Crippen molar-refractivity contribution in [3.05, 3.63) is 34.4 Å². The monoisotopic (exact) mass is 323 g/mol. The van der Waals surface area contributed by atoms with Gasteiger partial charge in [-0.2, -0.15) is 0 Å². The van der Waals surface area contributed by atoms with Gasteiger partial charge in [0.1, 0.15) is 18.4 Å². The number of halogens is 1. The predicted octanol–water partition coefficient (Wildman–Crippen LogP) is 2.73. The second-order valence-corrected chi connectivity index (χ2v) is 5.75. The third kappa shape index (κ3) is 3.60. The van der Waals surface area contributed by atoms with Gasteiger partial charge in [0.15, 0.2) is 0 Å². The minimum atomic E-state index is -1.04. The van der Waals surface area contributed by atoms with E-state index in [4.69, 9.17) is 16.3 Å².